The van der Waals surface area contributed by atoms with Crippen LogP contribution in [-0.2, 0) is 6.42 Å². The summed E-state index contributed by atoms with van der Waals surface area (Å²) in [5.74, 6) is 0.222. The van der Waals surface area contributed by atoms with Gasteiger partial charge in [-0.15, -0.1) is 0 Å². The number of piperazine rings is 1. The van der Waals surface area contributed by atoms with Gasteiger partial charge in [0.2, 0.25) is 0 Å². The molecule has 2 fully saturated rings. The van der Waals surface area contributed by atoms with Crippen LogP contribution in [0, 0.1) is 12.7 Å². The average molecular weight is 421 g/mol. The number of hydrogen-bond donors (Lipinski definition) is 2. The van der Waals surface area contributed by atoms with Crippen LogP contribution in [0.3, 0.4) is 0 Å². The highest BCUT2D eigenvalue weighted by Gasteiger charge is 2.46. The number of aromatic nitrogens is 3. The maximum absolute atomic E-state index is 14.4. The number of urea groups is 1. The van der Waals surface area contributed by atoms with Crippen molar-refractivity contribution >= 4 is 28.9 Å². The zero-order valence-electron chi connectivity index (χ0n) is 17.4. The number of nitrogens with one attached hydrogen (secondary N) is 2. The fourth-order valence-corrected chi connectivity index (χ4v) is 4.85. The summed E-state index contributed by atoms with van der Waals surface area (Å²) < 4.78 is 16.0. The van der Waals surface area contributed by atoms with Gasteiger partial charge in [0.15, 0.2) is 11.5 Å². The smallest absolute Gasteiger partial charge is 0.327 e. The highest BCUT2D eigenvalue weighted by Crippen LogP contribution is 2.41. The number of imidazole rings is 1. The largest absolute Gasteiger partial charge is 0.368 e. The fraction of sp³-hybridized carbons (Fsp3) is 0.409. The minimum absolute atomic E-state index is 0.248. The molecular weight excluding hydrogens is 397 g/mol. The molecule has 5 heterocycles. The molecular formula is C22H24FN7O. The van der Waals surface area contributed by atoms with Crippen molar-refractivity contribution in [3.63, 3.8) is 0 Å². The zero-order valence-corrected chi connectivity index (χ0v) is 17.4. The lowest BCUT2D eigenvalue weighted by molar-refractivity contribution is 0.257. The first-order valence-electron chi connectivity index (χ1n) is 10.7. The van der Waals surface area contributed by atoms with Gasteiger partial charge in [0.05, 0.1) is 11.4 Å². The highest BCUT2D eigenvalue weighted by molar-refractivity contribution is 6.03. The van der Waals surface area contributed by atoms with Crippen LogP contribution >= 0.6 is 0 Å². The molecule has 31 heavy (non-hydrogen) atoms. The number of nitrogens with zero attached hydrogens (tertiary/aromatic N) is 5. The van der Waals surface area contributed by atoms with Crippen LogP contribution in [0.1, 0.15) is 24.1 Å². The second-order valence-electron chi connectivity index (χ2n) is 8.78. The summed E-state index contributed by atoms with van der Waals surface area (Å²) >= 11 is 0. The number of fused-ring (bicyclic) bond motifs is 2. The van der Waals surface area contributed by atoms with Crippen molar-refractivity contribution in [2.45, 2.75) is 31.7 Å². The molecule has 0 unspecified atom stereocenters. The van der Waals surface area contributed by atoms with Gasteiger partial charge in [-0.3, -0.25) is 4.90 Å². The molecule has 2 N–H and O–H groups in total. The van der Waals surface area contributed by atoms with E-state index in [2.05, 4.69) is 31.6 Å². The second-order valence-corrected chi connectivity index (χ2v) is 8.78. The summed E-state index contributed by atoms with van der Waals surface area (Å²) in [5.41, 5.74) is 3.91. The van der Waals surface area contributed by atoms with Crippen LogP contribution < -0.4 is 20.4 Å². The molecule has 9 heteroatoms. The zero-order chi connectivity index (χ0) is 21.2. The van der Waals surface area contributed by atoms with Crippen LogP contribution in [0.4, 0.5) is 26.4 Å². The molecule has 1 saturated carbocycles. The number of rotatable bonds is 2. The number of anilines is 3. The Balaban J connectivity index is 1.25. The van der Waals surface area contributed by atoms with Crippen LogP contribution in [0.15, 0.2) is 30.7 Å². The Labute approximate surface area is 179 Å². The Hall–Kier alpha value is -3.20. The third-order valence-electron chi connectivity index (χ3n) is 6.54. The summed E-state index contributed by atoms with van der Waals surface area (Å²) in [6.45, 7) is 5.28. The number of aryl methyl sites for hydroxylation is 1. The number of amides is 2. The average Bonchev–Trinajstić information content (AvgIpc) is 3.17. The number of hydrogen-bond acceptors (Lipinski definition) is 5. The predicted molar refractivity (Wildman–Crippen MR) is 116 cm³/mol. The summed E-state index contributed by atoms with van der Waals surface area (Å²) in [6.07, 6.45) is 8.39. The minimum atomic E-state index is -0.471. The Morgan fingerprint density at radius 3 is 3.00 bits per heavy atom. The van der Waals surface area contributed by atoms with Crippen LogP contribution in [0.2, 0.25) is 0 Å². The standard InChI is InChI=1S/C22H24FN7O/c1-14-11-29-12-15(10-17(23)20(29)26-14)27-21(31)30-8-3-16-18(2-6-24-19(16)30)28-9-7-25-22(13-28)4-5-22/h2,6,10-12,25H,3-5,7-9,13H2,1H3,(H,27,31). The van der Waals surface area contributed by atoms with Gasteiger partial charge >= 0.3 is 6.03 Å². The Bertz CT molecular complexity index is 1200. The van der Waals surface area contributed by atoms with E-state index >= 15 is 0 Å². The quantitative estimate of drug-likeness (QED) is 0.665. The maximum Gasteiger partial charge on any atom is 0.327 e. The van der Waals surface area contributed by atoms with Gasteiger partial charge in [-0.05, 0) is 32.3 Å². The third-order valence-corrected chi connectivity index (χ3v) is 6.54. The van der Waals surface area contributed by atoms with E-state index in [1.807, 2.05) is 0 Å². The van der Waals surface area contributed by atoms with Gasteiger partial charge in [-0.2, -0.15) is 0 Å². The molecule has 0 radical (unpaired) electrons. The SMILES string of the molecule is Cc1cn2cc(NC(=O)N3CCc4c(N5CCNC6(CC6)C5)ccnc43)cc(F)c2n1. The molecule has 0 bridgehead atoms. The molecule has 3 aliphatic rings. The van der Waals surface area contributed by atoms with E-state index in [4.69, 9.17) is 0 Å². The molecule has 1 saturated heterocycles. The number of carbonyl (C=O) groups is 1. The first-order chi connectivity index (χ1) is 15.0. The molecule has 0 atom stereocenters. The van der Waals surface area contributed by atoms with E-state index in [0.717, 1.165) is 31.6 Å². The van der Waals surface area contributed by atoms with E-state index in [1.54, 1.807) is 34.8 Å². The first-order valence-corrected chi connectivity index (χ1v) is 10.7. The molecule has 3 aromatic rings. The molecule has 0 aromatic carbocycles. The normalized spacial score (nSPS) is 19.2. The summed E-state index contributed by atoms with van der Waals surface area (Å²) in [6, 6.07) is 3.06. The molecule has 160 valence electrons. The van der Waals surface area contributed by atoms with Gasteiger partial charge in [0.1, 0.15) is 5.82 Å². The Morgan fingerprint density at radius 2 is 2.16 bits per heavy atom. The number of pyridine rings is 2. The van der Waals surface area contributed by atoms with Crippen molar-refractivity contribution in [1.29, 1.82) is 0 Å². The van der Waals surface area contributed by atoms with Gasteiger partial charge < -0.3 is 19.9 Å². The van der Waals surface area contributed by atoms with E-state index in [-0.39, 0.29) is 17.2 Å². The summed E-state index contributed by atoms with van der Waals surface area (Å²) in [4.78, 5) is 25.8. The van der Waals surface area contributed by atoms with Crippen LogP contribution in [-0.4, -0.2) is 52.1 Å². The molecule has 2 amide bonds. The van der Waals surface area contributed by atoms with E-state index in [0.29, 0.717) is 23.7 Å². The molecule has 3 aromatic heterocycles. The van der Waals surface area contributed by atoms with Crippen molar-refractivity contribution in [2.24, 2.45) is 0 Å². The minimum Gasteiger partial charge on any atom is -0.368 e. The lowest BCUT2D eigenvalue weighted by Crippen LogP contribution is -2.52. The van der Waals surface area contributed by atoms with E-state index < -0.39 is 5.82 Å². The molecule has 6 rings (SSSR count). The Kier molecular flexibility index (Phi) is 3.98. The van der Waals surface area contributed by atoms with E-state index in [1.165, 1.54) is 24.6 Å². The van der Waals surface area contributed by atoms with Crippen molar-refractivity contribution in [1.82, 2.24) is 19.7 Å². The monoisotopic (exact) mass is 421 g/mol. The molecule has 1 spiro atoms. The van der Waals surface area contributed by atoms with Crippen molar-refractivity contribution in [3.05, 3.63) is 47.8 Å². The summed E-state index contributed by atoms with van der Waals surface area (Å²) in [7, 11) is 0. The summed E-state index contributed by atoms with van der Waals surface area (Å²) in [5, 5.41) is 6.46. The lowest BCUT2D eigenvalue weighted by Gasteiger charge is -2.36. The number of halogens is 1. The van der Waals surface area contributed by atoms with Gasteiger partial charge in [0, 0.05) is 67.6 Å². The van der Waals surface area contributed by atoms with E-state index in [9.17, 15) is 9.18 Å². The maximum atomic E-state index is 14.4. The van der Waals surface area contributed by atoms with Gasteiger partial charge in [-0.1, -0.05) is 0 Å². The fourth-order valence-electron chi connectivity index (χ4n) is 4.85. The molecule has 1 aliphatic carbocycles. The van der Waals surface area contributed by atoms with Crippen LogP contribution in [0.5, 0.6) is 0 Å². The second kappa shape index (κ2) is 6.65. The van der Waals surface area contributed by atoms with Crippen molar-refractivity contribution in [3.8, 4) is 0 Å². The molecule has 2 aliphatic heterocycles. The van der Waals surface area contributed by atoms with Crippen LogP contribution in [0.25, 0.3) is 5.65 Å². The topological polar surface area (TPSA) is 77.8 Å². The van der Waals surface area contributed by atoms with Crippen molar-refractivity contribution < 1.29 is 9.18 Å². The lowest BCUT2D eigenvalue weighted by atomic mass is 10.1. The van der Waals surface area contributed by atoms with Gasteiger partial charge in [0.25, 0.3) is 0 Å². The third kappa shape index (κ3) is 3.11. The van der Waals surface area contributed by atoms with Crippen molar-refractivity contribution in [2.75, 3.05) is 41.3 Å². The number of carbonyl (C=O) groups excluding carboxylic acids is 1. The highest BCUT2D eigenvalue weighted by atomic mass is 19.1. The predicted octanol–water partition coefficient (Wildman–Crippen LogP) is 2.71. The Morgan fingerprint density at radius 1 is 1.29 bits per heavy atom. The molecule has 8 nitrogen and oxygen atoms in total. The first kappa shape index (κ1) is 18.6. The van der Waals surface area contributed by atoms with Gasteiger partial charge in [-0.25, -0.2) is 19.2 Å².